The average Bonchev–Trinajstić information content (AvgIpc) is 2.47. The highest BCUT2D eigenvalue weighted by Crippen LogP contribution is 2.30. The summed E-state index contributed by atoms with van der Waals surface area (Å²) in [6.45, 7) is 0.409. The van der Waals surface area contributed by atoms with E-state index in [0.29, 0.717) is 6.54 Å². The molecule has 1 N–H and O–H groups in total. The van der Waals surface area contributed by atoms with Gasteiger partial charge in [0.2, 0.25) is 0 Å². The second-order valence-electron chi connectivity index (χ2n) is 2.77. The molecule has 2 rings (SSSR count). The number of nitro groups is 1. The van der Waals surface area contributed by atoms with Gasteiger partial charge in [-0.15, -0.1) is 0 Å². The maximum atomic E-state index is 10.5. The van der Waals surface area contributed by atoms with Gasteiger partial charge in [-0.25, -0.2) is 0 Å². The van der Waals surface area contributed by atoms with E-state index in [9.17, 15) is 10.1 Å². The maximum Gasteiger partial charge on any atom is 0.256 e. The Kier molecular flexibility index (Phi) is 1.46. The third kappa shape index (κ3) is 0.922. The van der Waals surface area contributed by atoms with Crippen molar-refractivity contribution in [2.45, 2.75) is 6.04 Å². The van der Waals surface area contributed by atoms with Crippen LogP contribution in [0.25, 0.3) is 0 Å². The number of nitrogens with zero attached hydrogens (tertiary/aromatic N) is 1. The molecule has 1 aliphatic rings. The van der Waals surface area contributed by atoms with Crippen molar-refractivity contribution in [3.63, 3.8) is 0 Å². The number of benzene rings is 1. The quantitative estimate of drug-likeness (QED) is 0.504. The molecular formula is C8H8N2O2. The lowest BCUT2D eigenvalue weighted by atomic mass is 10.1. The lowest BCUT2D eigenvalue weighted by molar-refractivity contribution is -0.523. The van der Waals surface area contributed by atoms with Crippen molar-refractivity contribution in [2.75, 3.05) is 11.9 Å². The average molecular weight is 164 g/mol. The summed E-state index contributed by atoms with van der Waals surface area (Å²) < 4.78 is 0. The molecule has 1 atom stereocenters. The predicted octanol–water partition coefficient (Wildman–Crippen LogP) is 1.43. The van der Waals surface area contributed by atoms with Crippen molar-refractivity contribution in [2.24, 2.45) is 0 Å². The molecule has 0 radical (unpaired) electrons. The minimum atomic E-state index is -0.568. The lowest BCUT2D eigenvalue weighted by Crippen LogP contribution is -2.11. The van der Waals surface area contributed by atoms with Crippen molar-refractivity contribution in [3.8, 4) is 0 Å². The Balaban J connectivity index is 2.42. The maximum absolute atomic E-state index is 10.5. The fourth-order valence-electron chi connectivity index (χ4n) is 1.45. The first-order valence-electron chi connectivity index (χ1n) is 3.75. The van der Waals surface area contributed by atoms with Gasteiger partial charge in [0, 0.05) is 10.6 Å². The summed E-state index contributed by atoms with van der Waals surface area (Å²) in [7, 11) is 0. The Morgan fingerprint density at radius 2 is 2.25 bits per heavy atom. The summed E-state index contributed by atoms with van der Waals surface area (Å²) in [5.41, 5.74) is 1.68. The monoisotopic (exact) mass is 164 g/mol. The van der Waals surface area contributed by atoms with E-state index >= 15 is 0 Å². The van der Waals surface area contributed by atoms with E-state index in [1.54, 1.807) is 6.07 Å². The number of rotatable bonds is 1. The first kappa shape index (κ1) is 7.09. The van der Waals surface area contributed by atoms with Crippen LogP contribution in [0.4, 0.5) is 5.69 Å². The molecule has 62 valence electrons. The summed E-state index contributed by atoms with van der Waals surface area (Å²) in [4.78, 5) is 10.3. The molecule has 4 heteroatoms. The summed E-state index contributed by atoms with van der Waals surface area (Å²) in [6, 6.07) is 6.78. The smallest absolute Gasteiger partial charge is 0.256 e. The van der Waals surface area contributed by atoms with Gasteiger partial charge in [0.25, 0.3) is 6.04 Å². The van der Waals surface area contributed by atoms with Crippen LogP contribution in [0.15, 0.2) is 24.3 Å². The van der Waals surface area contributed by atoms with Gasteiger partial charge < -0.3 is 5.32 Å². The first-order chi connectivity index (χ1) is 5.79. The van der Waals surface area contributed by atoms with Crippen LogP contribution < -0.4 is 5.32 Å². The van der Waals surface area contributed by atoms with E-state index in [1.807, 2.05) is 18.2 Å². The Morgan fingerprint density at radius 1 is 1.50 bits per heavy atom. The SMILES string of the molecule is O=[N+]([O-])C1CNc2ccccc21. The molecule has 12 heavy (non-hydrogen) atoms. The van der Waals surface area contributed by atoms with Crippen molar-refractivity contribution in [1.29, 1.82) is 0 Å². The second-order valence-corrected chi connectivity index (χ2v) is 2.77. The molecule has 0 amide bonds. The van der Waals surface area contributed by atoms with Gasteiger partial charge in [0.1, 0.15) is 0 Å². The molecule has 0 spiro atoms. The zero-order valence-corrected chi connectivity index (χ0v) is 6.36. The zero-order valence-electron chi connectivity index (χ0n) is 6.36. The van der Waals surface area contributed by atoms with E-state index in [4.69, 9.17) is 0 Å². The molecule has 0 aromatic heterocycles. The highest BCUT2D eigenvalue weighted by Gasteiger charge is 2.30. The van der Waals surface area contributed by atoms with Crippen LogP contribution in [0.5, 0.6) is 0 Å². The summed E-state index contributed by atoms with van der Waals surface area (Å²) in [5, 5.41) is 13.5. The van der Waals surface area contributed by atoms with Crippen LogP contribution in [0.1, 0.15) is 11.6 Å². The third-order valence-electron chi connectivity index (χ3n) is 2.06. The number of anilines is 1. The Hall–Kier alpha value is -1.58. The zero-order chi connectivity index (χ0) is 8.55. The van der Waals surface area contributed by atoms with Crippen LogP contribution in [-0.4, -0.2) is 11.5 Å². The Morgan fingerprint density at radius 3 is 3.00 bits per heavy atom. The first-order valence-corrected chi connectivity index (χ1v) is 3.75. The minimum Gasteiger partial charge on any atom is -0.377 e. The lowest BCUT2D eigenvalue weighted by Gasteiger charge is -1.99. The molecule has 1 aliphatic heterocycles. The molecule has 1 aromatic rings. The number of para-hydroxylation sites is 1. The summed E-state index contributed by atoms with van der Waals surface area (Å²) in [6.07, 6.45) is 0. The fourth-order valence-corrected chi connectivity index (χ4v) is 1.45. The van der Waals surface area contributed by atoms with Gasteiger partial charge >= 0.3 is 0 Å². The minimum absolute atomic E-state index is 0.251. The van der Waals surface area contributed by atoms with Crippen molar-refractivity contribution >= 4 is 5.69 Å². The number of fused-ring (bicyclic) bond motifs is 1. The van der Waals surface area contributed by atoms with Crippen LogP contribution >= 0.6 is 0 Å². The van der Waals surface area contributed by atoms with Gasteiger partial charge in [0.05, 0.1) is 12.1 Å². The van der Waals surface area contributed by atoms with Gasteiger partial charge in [-0.3, -0.25) is 10.1 Å². The number of hydrogen-bond donors (Lipinski definition) is 1. The highest BCUT2D eigenvalue weighted by molar-refractivity contribution is 5.56. The van der Waals surface area contributed by atoms with Gasteiger partial charge in [0.15, 0.2) is 0 Å². The molecule has 4 nitrogen and oxygen atoms in total. The topological polar surface area (TPSA) is 55.2 Å². The third-order valence-corrected chi connectivity index (χ3v) is 2.06. The number of hydrogen-bond acceptors (Lipinski definition) is 3. The summed E-state index contributed by atoms with van der Waals surface area (Å²) >= 11 is 0. The van der Waals surface area contributed by atoms with Crippen LogP contribution in [0, 0.1) is 10.1 Å². The van der Waals surface area contributed by atoms with Gasteiger partial charge in [-0.2, -0.15) is 0 Å². The Bertz CT molecular complexity index is 325. The van der Waals surface area contributed by atoms with Crippen molar-refractivity contribution in [3.05, 3.63) is 39.9 Å². The summed E-state index contributed by atoms with van der Waals surface area (Å²) in [5.74, 6) is 0. The molecular weight excluding hydrogens is 156 g/mol. The van der Waals surface area contributed by atoms with Gasteiger partial charge in [-0.1, -0.05) is 18.2 Å². The molecule has 1 heterocycles. The molecule has 0 fully saturated rings. The fraction of sp³-hybridized carbons (Fsp3) is 0.250. The highest BCUT2D eigenvalue weighted by atomic mass is 16.6. The van der Waals surface area contributed by atoms with Crippen molar-refractivity contribution in [1.82, 2.24) is 0 Å². The molecule has 0 bridgehead atoms. The molecule has 1 unspecified atom stereocenters. The van der Waals surface area contributed by atoms with Crippen LogP contribution in [0.3, 0.4) is 0 Å². The van der Waals surface area contributed by atoms with E-state index in [2.05, 4.69) is 5.32 Å². The van der Waals surface area contributed by atoms with Crippen LogP contribution in [0.2, 0.25) is 0 Å². The molecule has 0 saturated carbocycles. The molecule has 1 aromatic carbocycles. The van der Waals surface area contributed by atoms with E-state index in [-0.39, 0.29) is 4.92 Å². The molecule has 0 saturated heterocycles. The Labute approximate surface area is 69.4 Å². The van der Waals surface area contributed by atoms with Crippen molar-refractivity contribution < 1.29 is 4.92 Å². The van der Waals surface area contributed by atoms with Crippen LogP contribution in [-0.2, 0) is 0 Å². The van der Waals surface area contributed by atoms with E-state index in [1.165, 1.54) is 0 Å². The van der Waals surface area contributed by atoms with E-state index in [0.717, 1.165) is 11.3 Å². The number of nitrogens with one attached hydrogen (secondary N) is 1. The normalized spacial score (nSPS) is 19.8. The standard InChI is InChI=1S/C8H8N2O2/c11-10(12)8-5-9-7-4-2-1-3-6(7)8/h1-4,8-9H,5H2. The largest absolute Gasteiger partial charge is 0.377 e. The predicted molar refractivity (Wildman–Crippen MR) is 44.7 cm³/mol. The van der Waals surface area contributed by atoms with E-state index < -0.39 is 6.04 Å². The second kappa shape index (κ2) is 2.48. The van der Waals surface area contributed by atoms with Gasteiger partial charge in [-0.05, 0) is 6.07 Å². The molecule has 0 aliphatic carbocycles.